The third-order valence-electron chi connectivity index (χ3n) is 5.62. The Balaban J connectivity index is 2.03. The monoisotopic (exact) mass is 478 g/mol. The number of anilines is 1. The van der Waals surface area contributed by atoms with Gasteiger partial charge >= 0.3 is 0 Å². The van der Waals surface area contributed by atoms with Crippen LogP contribution >= 0.6 is 11.8 Å². The van der Waals surface area contributed by atoms with Crippen molar-refractivity contribution < 1.29 is 13.2 Å². The predicted octanol–water partition coefficient (Wildman–Crippen LogP) is 5.44. The SMILES string of the molecule is C=C(/C=C(/C)c1nc(Sc2cc3c(cc2C)CCC3F)n(CCNS(=O)O)c1NC)CC. The van der Waals surface area contributed by atoms with E-state index in [4.69, 9.17) is 9.54 Å². The van der Waals surface area contributed by atoms with Crippen molar-refractivity contribution in [1.82, 2.24) is 14.3 Å². The smallest absolute Gasteiger partial charge is 0.231 e. The summed E-state index contributed by atoms with van der Waals surface area (Å²) in [5.74, 6) is 0.817. The number of rotatable bonds is 10. The van der Waals surface area contributed by atoms with Crippen LogP contribution in [0.15, 0.2) is 40.4 Å². The highest BCUT2D eigenvalue weighted by Crippen LogP contribution is 2.41. The number of nitrogens with zero attached hydrogens (tertiary/aromatic N) is 2. The summed E-state index contributed by atoms with van der Waals surface area (Å²) in [4.78, 5) is 5.87. The molecule has 0 saturated carbocycles. The molecule has 9 heteroatoms. The molecule has 32 heavy (non-hydrogen) atoms. The van der Waals surface area contributed by atoms with E-state index in [-0.39, 0.29) is 0 Å². The molecule has 0 radical (unpaired) electrons. The number of imidazole rings is 1. The normalized spacial score (nSPS) is 16.8. The Morgan fingerprint density at radius 3 is 2.91 bits per heavy atom. The fourth-order valence-electron chi connectivity index (χ4n) is 3.89. The number of aryl methyl sites for hydroxylation is 2. The molecule has 0 bridgehead atoms. The van der Waals surface area contributed by atoms with Crippen LogP contribution in [-0.2, 0) is 24.2 Å². The number of halogens is 1. The quantitative estimate of drug-likeness (QED) is 0.313. The van der Waals surface area contributed by atoms with E-state index in [1.54, 1.807) is 0 Å². The Morgan fingerprint density at radius 2 is 2.25 bits per heavy atom. The summed E-state index contributed by atoms with van der Waals surface area (Å²) in [6.07, 6.45) is 3.28. The molecule has 2 aromatic rings. The highest BCUT2D eigenvalue weighted by atomic mass is 32.2. The lowest BCUT2D eigenvalue weighted by Gasteiger charge is -2.14. The van der Waals surface area contributed by atoms with Gasteiger partial charge in [-0.05, 0) is 61.4 Å². The van der Waals surface area contributed by atoms with E-state index in [0.29, 0.717) is 19.5 Å². The number of benzene rings is 1. The Kier molecular flexibility index (Phi) is 8.32. The van der Waals surface area contributed by atoms with Gasteiger partial charge in [0, 0.05) is 25.0 Å². The van der Waals surface area contributed by atoms with Crippen molar-refractivity contribution in [2.24, 2.45) is 0 Å². The van der Waals surface area contributed by atoms with E-state index >= 15 is 0 Å². The van der Waals surface area contributed by atoms with Gasteiger partial charge in [0.2, 0.25) is 11.3 Å². The standard InChI is InChI=1S/C23H31FN4O2S2/c1-6-14(2)11-16(4)21-22(25-5)28(10-9-26-32(29)30)23(27-21)31-20-13-18-17(12-15(20)3)7-8-19(18)24/h11-13,19,25-26H,2,6-10H2,1,3-5H3,(H,29,30)/b16-11-. The molecule has 1 aliphatic carbocycles. The van der Waals surface area contributed by atoms with Crippen molar-refractivity contribution in [2.75, 3.05) is 18.9 Å². The largest absolute Gasteiger partial charge is 0.373 e. The van der Waals surface area contributed by atoms with Gasteiger partial charge < -0.3 is 9.88 Å². The molecule has 6 nitrogen and oxygen atoms in total. The Hall–Kier alpha value is -1.94. The molecule has 1 aromatic carbocycles. The molecule has 1 aromatic heterocycles. The predicted molar refractivity (Wildman–Crippen MR) is 131 cm³/mol. The highest BCUT2D eigenvalue weighted by Gasteiger charge is 2.25. The molecule has 0 amide bonds. The van der Waals surface area contributed by atoms with Crippen LogP contribution in [0.4, 0.5) is 10.2 Å². The van der Waals surface area contributed by atoms with E-state index in [1.807, 2.05) is 37.6 Å². The first-order valence-corrected chi connectivity index (χ1v) is 12.6. The first-order chi connectivity index (χ1) is 15.2. The Morgan fingerprint density at radius 1 is 1.50 bits per heavy atom. The first kappa shape index (κ1) is 24.7. The van der Waals surface area contributed by atoms with Gasteiger partial charge in [-0.15, -0.1) is 0 Å². The third-order valence-corrected chi connectivity index (χ3v) is 7.23. The van der Waals surface area contributed by atoms with E-state index in [1.165, 1.54) is 11.8 Å². The van der Waals surface area contributed by atoms with Gasteiger partial charge in [0.1, 0.15) is 17.7 Å². The summed E-state index contributed by atoms with van der Waals surface area (Å²) in [5, 5.41) is 3.97. The molecular weight excluding hydrogens is 447 g/mol. The van der Waals surface area contributed by atoms with Crippen molar-refractivity contribution in [2.45, 2.75) is 62.8 Å². The summed E-state index contributed by atoms with van der Waals surface area (Å²) >= 11 is -0.597. The second kappa shape index (κ2) is 10.8. The maximum absolute atomic E-state index is 14.4. The lowest BCUT2D eigenvalue weighted by atomic mass is 10.1. The molecule has 1 heterocycles. The van der Waals surface area contributed by atoms with Crippen LogP contribution in [0.3, 0.4) is 0 Å². The molecule has 0 spiro atoms. The number of fused-ring (bicyclic) bond motifs is 1. The van der Waals surface area contributed by atoms with E-state index in [9.17, 15) is 8.60 Å². The second-order valence-corrected chi connectivity index (χ2v) is 9.70. The van der Waals surface area contributed by atoms with Crippen LogP contribution < -0.4 is 10.0 Å². The molecule has 3 N–H and O–H groups in total. The Labute approximate surface area is 196 Å². The number of hydrogen-bond donors (Lipinski definition) is 3. The van der Waals surface area contributed by atoms with E-state index in [0.717, 1.165) is 62.2 Å². The molecule has 0 aliphatic heterocycles. The minimum atomic E-state index is -2.09. The minimum Gasteiger partial charge on any atom is -0.373 e. The van der Waals surface area contributed by atoms with Gasteiger partial charge in [-0.25, -0.2) is 18.3 Å². The fraction of sp³-hybridized carbons (Fsp3) is 0.435. The Bertz CT molecular complexity index is 1060. The number of nitrogens with one attached hydrogen (secondary N) is 2. The number of allylic oxidation sites excluding steroid dienone is 3. The van der Waals surface area contributed by atoms with Crippen LogP contribution in [0.1, 0.15) is 55.2 Å². The average molecular weight is 479 g/mol. The van der Waals surface area contributed by atoms with Gasteiger partial charge in [0.25, 0.3) is 0 Å². The molecule has 3 rings (SSSR count). The summed E-state index contributed by atoms with van der Waals surface area (Å²) in [7, 11) is 1.83. The zero-order valence-corrected chi connectivity index (χ0v) is 20.6. The van der Waals surface area contributed by atoms with Gasteiger partial charge in [-0.2, -0.15) is 0 Å². The lowest BCUT2D eigenvalue weighted by molar-refractivity contribution is 0.343. The van der Waals surface area contributed by atoms with Crippen LogP contribution in [-0.4, -0.2) is 31.9 Å². The molecule has 0 fully saturated rings. The van der Waals surface area contributed by atoms with E-state index < -0.39 is 17.4 Å². The summed E-state index contributed by atoms with van der Waals surface area (Å²) in [5.41, 5.74) is 5.75. The zero-order chi connectivity index (χ0) is 23.4. The number of hydrogen-bond acceptors (Lipinski definition) is 4. The van der Waals surface area contributed by atoms with Crippen molar-refractivity contribution in [3.63, 3.8) is 0 Å². The minimum absolute atomic E-state index is 0.293. The van der Waals surface area contributed by atoms with Gasteiger partial charge in [-0.3, -0.25) is 4.55 Å². The van der Waals surface area contributed by atoms with Crippen molar-refractivity contribution >= 4 is 34.4 Å². The third kappa shape index (κ3) is 5.51. The van der Waals surface area contributed by atoms with Gasteiger partial charge in [-0.1, -0.05) is 43.0 Å². The maximum atomic E-state index is 14.4. The fourth-order valence-corrected chi connectivity index (χ4v) is 5.18. The molecular formula is C23H31FN4O2S2. The second-order valence-electron chi connectivity index (χ2n) is 7.90. The topological polar surface area (TPSA) is 79.2 Å². The first-order valence-electron chi connectivity index (χ1n) is 10.7. The van der Waals surface area contributed by atoms with Crippen LogP contribution in [0, 0.1) is 6.92 Å². The number of aromatic nitrogens is 2. The highest BCUT2D eigenvalue weighted by molar-refractivity contribution is 7.99. The molecule has 1 aliphatic rings. The van der Waals surface area contributed by atoms with E-state index in [2.05, 4.69) is 29.6 Å². The average Bonchev–Trinajstić information content (AvgIpc) is 3.28. The van der Waals surface area contributed by atoms with Crippen molar-refractivity contribution in [3.05, 3.63) is 52.7 Å². The van der Waals surface area contributed by atoms with Gasteiger partial charge in [0.15, 0.2) is 5.16 Å². The van der Waals surface area contributed by atoms with Crippen molar-refractivity contribution in [3.8, 4) is 0 Å². The van der Waals surface area contributed by atoms with Crippen LogP contribution in [0.2, 0.25) is 0 Å². The van der Waals surface area contributed by atoms with Crippen molar-refractivity contribution in [1.29, 1.82) is 0 Å². The van der Waals surface area contributed by atoms with Crippen LogP contribution in [0.5, 0.6) is 0 Å². The molecule has 2 unspecified atom stereocenters. The lowest BCUT2D eigenvalue weighted by Crippen LogP contribution is -2.22. The summed E-state index contributed by atoms with van der Waals surface area (Å²) < 4.78 is 39.0. The zero-order valence-electron chi connectivity index (χ0n) is 19.0. The van der Waals surface area contributed by atoms with Crippen LogP contribution in [0.25, 0.3) is 5.57 Å². The molecule has 2 atom stereocenters. The number of alkyl halides is 1. The molecule has 174 valence electrons. The van der Waals surface area contributed by atoms with Gasteiger partial charge in [0.05, 0.1) is 0 Å². The maximum Gasteiger partial charge on any atom is 0.231 e. The molecule has 0 saturated heterocycles. The summed E-state index contributed by atoms with van der Waals surface area (Å²) in [6.45, 7) is 10.9. The summed E-state index contributed by atoms with van der Waals surface area (Å²) in [6, 6.07) is 4.03.